The van der Waals surface area contributed by atoms with Gasteiger partial charge in [0.25, 0.3) is 0 Å². The predicted octanol–water partition coefficient (Wildman–Crippen LogP) is 2.41. The summed E-state index contributed by atoms with van der Waals surface area (Å²) < 4.78 is 0.912. The first-order chi connectivity index (χ1) is 7.67. The summed E-state index contributed by atoms with van der Waals surface area (Å²) in [6.07, 6.45) is 0.914. The van der Waals surface area contributed by atoms with E-state index in [1.807, 2.05) is 37.3 Å². The van der Waals surface area contributed by atoms with Crippen molar-refractivity contribution in [1.82, 2.24) is 5.32 Å². The molecule has 0 radical (unpaired) electrons. The van der Waals surface area contributed by atoms with Gasteiger partial charge in [-0.3, -0.25) is 4.79 Å². The standard InChI is InChI=1S/C12H13BrN2O/c1-2-10(8-14)15-12(16)7-9-5-3-4-6-11(9)13/h3-6,10H,2,7H2,1H3,(H,15,16)/t10-/m1/s1. The number of nitrogens with one attached hydrogen (secondary N) is 1. The maximum absolute atomic E-state index is 11.6. The Balaban J connectivity index is 2.59. The Bertz CT molecular complexity index is 412. The Morgan fingerprint density at radius 2 is 2.25 bits per heavy atom. The zero-order valence-electron chi connectivity index (χ0n) is 9.03. The Morgan fingerprint density at radius 1 is 1.56 bits per heavy atom. The zero-order valence-corrected chi connectivity index (χ0v) is 10.6. The molecule has 1 rings (SSSR count). The molecular formula is C12H13BrN2O. The minimum atomic E-state index is -0.394. The second-order valence-corrected chi connectivity index (χ2v) is 4.28. The molecule has 1 N–H and O–H groups in total. The summed E-state index contributed by atoms with van der Waals surface area (Å²) in [6, 6.07) is 9.21. The maximum atomic E-state index is 11.6. The van der Waals surface area contributed by atoms with Crippen molar-refractivity contribution in [3.8, 4) is 6.07 Å². The Kier molecular flexibility index (Phi) is 5.00. The fraction of sp³-hybridized carbons (Fsp3) is 0.333. The summed E-state index contributed by atoms with van der Waals surface area (Å²) in [4.78, 5) is 11.6. The third-order valence-corrected chi connectivity index (χ3v) is 2.98. The van der Waals surface area contributed by atoms with E-state index in [2.05, 4.69) is 21.2 Å². The Morgan fingerprint density at radius 3 is 2.81 bits per heavy atom. The third kappa shape index (κ3) is 3.67. The average molecular weight is 281 g/mol. The molecule has 0 aliphatic heterocycles. The molecule has 4 heteroatoms. The van der Waals surface area contributed by atoms with E-state index in [0.717, 1.165) is 10.0 Å². The summed E-state index contributed by atoms with van der Waals surface area (Å²) >= 11 is 3.38. The van der Waals surface area contributed by atoms with Crippen LogP contribution < -0.4 is 5.32 Å². The van der Waals surface area contributed by atoms with E-state index >= 15 is 0 Å². The van der Waals surface area contributed by atoms with E-state index < -0.39 is 6.04 Å². The molecule has 16 heavy (non-hydrogen) atoms. The van der Waals surface area contributed by atoms with Crippen LogP contribution in [0.1, 0.15) is 18.9 Å². The van der Waals surface area contributed by atoms with Gasteiger partial charge in [-0.25, -0.2) is 0 Å². The van der Waals surface area contributed by atoms with Crippen LogP contribution in [0.4, 0.5) is 0 Å². The van der Waals surface area contributed by atoms with Crippen molar-refractivity contribution in [3.05, 3.63) is 34.3 Å². The fourth-order valence-corrected chi connectivity index (χ4v) is 1.71. The van der Waals surface area contributed by atoms with Crippen LogP contribution in [0.5, 0.6) is 0 Å². The maximum Gasteiger partial charge on any atom is 0.225 e. The quantitative estimate of drug-likeness (QED) is 0.921. The summed E-state index contributed by atoms with van der Waals surface area (Å²) in [5, 5.41) is 11.4. The molecule has 84 valence electrons. The van der Waals surface area contributed by atoms with Crippen LogP contribution in [-0.4, -0.2) is 11.9 Å². The molecule has 0 saturated heterocycles. The molecular weight excluding hydrogens is 268 g/mol. The lowest BCUT2D eigenvalue weighted by Crippen LogP contribution is -2.34. The van der Waals surface area contributed by atoms with Gasteiger partial charge < -0.3 is 5.32 Å². The molecule has 0 aliphatic rings. The van der Waals surface area contributed by atoms with Gasteiger partial charge >= 0.3 is 0 Å². The number of carbonyl (C=O) groups is 1. The van der Waals surface area contributed by atoms with Crippen molar-refractivity contribution in [1.29, 1.82) is 5.26 Å². The molecule has 0 saturated carbocycles. The van der Waals surface area contributed by atoms with Crippen LogP contribution in [0.15, 0.2) is 28.7 Å². The van der Waals surface area contributed by atoms with Crippen molar-refractivity contribution in [2.45, 2.75) is 25.8 Å². The largest absolute Gasteiger partial charge is 0.340 e. The van der Waals surface area contributed by atoms with Gasteiger partial charge in [0.05, 0.1) is 12.5 Å². The average Bonchev–Trinajstić information content (AvgIpc) is 2.29. The van der Waals surface area contributed by atoms with Crippen molar-refractivity contribution in [2.24, 2.45) is 0 Å². The SMILES string of the molecule is CC[C@H](C#N)NC(=O)Cc1ccccc1Br. The fourth-order valence-electron chi connectivity index (χ4n) is 1.29. The summed E-state index contributed by atoms with van der Waals surface area (Å²) in [7, 11) is 0. The highest BCUT2D eigenvalue weighted by molar-refractivity contribution is 9.10. The normalized spacial score (nSPS) is 11.6. The number of hydrogen-bond acceptors (Lipinski definition) is 2. The second kappa shape index (κ2) is 6.29. The van der Waals surface area contributed by atoms with Gasteiger partial charge in [0, 0.05) is 4.47 Å². The van der Waals surface area contributed by atoms with Gasteiger partial charge in [0.1, 0.15) is 6.04 Å². The topological polar surface area (TPSA) is 52.9 Å². The lowest BCUT2D eigenvalue weighted by Gasteiger charge is -2.09. The van der Waals surface area contributed by atoms with Crippen molar-refractivity contribution in [2.75, 3.05) is 0 Å². The van der Waals surface area contributed by atoms with Crippen molar-refractivity contribution >= 4 is 21.8 Å². The Hall–Kier alpha value is -1.34. The number of amides is 1. The smallest absolute Gasteiger partial charge is 0.225 e. The molecule has 1 aromatic rings. The van der Waals surface area contributed by atoms with E-state index in [1.165, 1.54) is 0 Å². The van der Waals surface area contributed by atoms with Crippen molar-refractivity contribution in [3.63, 3.8) is 0 Å². The van der Waals surface area contributed by atoms with Gasteiger partial charge in [0.2, 0.25) is 5.91 Å². The van der Waals surface area contributed by atoms with E-state index in [4.69, 9.17) is 5.26 Å². The van der Waals surface area contributed by atoms with Crippen LogP contribution >= 0.6 is 15.9 Å². The monoisotopic (exact) mass is 280 g/mol. The van der Waals surface area contributed by atoms with Gasteiger partial charge in [-0.15, -0.1) is 0 Å². The molecule has 1 amide bonds. The summed E-state index contributed by atoms with van der Waals surface area (Å²) in [5.74, 6) is -0.125. The molecule has 3 nitrogen and oxygen atoms in total. The molecule has 0 unspecified atom stereocenters. The molecule has 0 aliphatic carbocycles. The molecule has 0 heterocycles. The highest BCUT2D eigenvalue weighted by atomic mass is 79.9. The number of hydrogen-bond donors (Lipinski definition) is 1. The highest BCUT2D eigenvalue weighted by Gasteiger charge is 2.10. The van der Waals surface area contributed by atoms with E-state index in [-0.39, 0.29) is 5.91 Å². The molecule has 0 aromatic heterocycles. The number of rotatable bonds is 4. The van der Waals surface area contributed by atoms with Crippen LogP contribution in [0.25, 0.3) is 0 Å². The molecule has 1 atom stereocenters. The third-order valence-electron chi connectivity index (χ3n) is 2.21. The molecule has 0 bridgehead atoms. The second-order valence-electron chi connectivity index (χ2n) is 3.43. The number of nitriles is 1. The summed E-state index contributed by atoms with van der Waals surface area (Å²) in [6.45, 7) is 1.87. The first-order valence-electron chi connectivity index (χ1n) is 5.09. The van der Waals surface area contributed by atoms with Gasteiger partial charge in [-0.2, -0.15) is 5.26 Å². The van der Waals surface area contributed by atoms with Crippen LogP contribution in [-0.2, 0) is 11.2 Å². The number of carbonyl (C=O) groups excluding carboxylic acids is 1. The lowest BCUT2D eigenvalue weighted by molar-refractivity contribution is -0.120. The number of nitrogens with zero attached hydrogens (tertiary/aromatic N) is 1. The van der Waals surface area contributed by atoms with Gasteiger partial charge in [-0.1, -0.05) is 41.1 Å². The minimum absolute atomic E-state index is 0.125. The van der Waals surface area contributed by atoms with E-state index in [0.29, 0.717) is 12.8 Å². The zero-order chi connectivity index (χ0) is 12.0. The van der Waals surface area contributed by atoms with Crippen LogP contribution in [0.2, 0.25) is 0 Å². The van der Waals surface area contributed by atoms with E-state index in [9.17, 15) is 4.79 Å². The van der Waals surface area contributed by atoms with Gasteiger partial charge in [-0.05, 0) is 18.1 Å². The lowest BCUT2D eigenvalue weighted by atomic mass is 10.1. The highest BCUT2D eigenvalue weighted by Crippen LogP contribution is 2.16. The van der Waals surface area contributed by atoms with Crippen LogP contribution in [0, 0.1) is 11.3 Å². The van der Waals surface area contributed by atoms with Gasteiger partial charge in [0.15, 0.2) is 0 Å². The number of benzene rings is 1. The van der Waals surface area contributed by atoms with E-state index in [1.54, 1.807) is 0 Å². The molecule has 1 aromatic carbocycles. The molecule has 0 fully saturated rings. The number of halogens is 1. The molecule has 0 spiro atoms. The Labute approximate surface area is 104 Å². The first-order valence-corrected chi connectivity index (χ1v) is 5.89. The van der Waals surface area contributed by atoms with Crippen molar-refractivity contribution < 1.29 is 4.79 Å². The predicted molar refractivity (Wildman–Crippen MR) is 65.7 cm³/mol. The van der Waals surface area contributed by atoms with Crippen LogP contribution in [0.3, 0.4) is 0 Å². The minimum Gasteiger partial charge on any atom is -0.340 e. The first kappa shape index (κ1) is 12.7. The summed E-state index contributed by atoms with van der Waals surface area (Å²) in [5.41, 5.74) is 0.924.